The minimum atomic E-state index is -0.260. The molecule has 2 aromatic carbocycles. The second-order valence-electron chi connectivity index (χ2n) is 13.9. The van der Waals surface area contributed by atoms with Gasteiger partial charge < -0.3 is 30.1 Å². The molecule has 1 aromatic heterocycles. The maximum Gasteiger partial charge on any atom is 0.323 e. The van der Waals surface area contributed by atoms with Crippen LogP contribution < -0.4 is 20.4 Å². The van der Waals surface area contributed by atoms with Gasteiger partial charge in [0.05, 0.1) is 25.3 Å². The van der Waals surface area contributed by atoms with Gasteiger partial charge >= 0.3 is 6.03 Å². The molecule has 3 aromatic rings. The second kappa shape index (κ2) is 11.6. The lowest BCUT2D eigenvalue weighted by molar-refractivity contribution is 0.0818. The van der Waals surface area contributed by atoms with Gasteiger partial charge in [0.15, 0.2) is 5.82 Å². The van der Waals surface area contributed by atoms with E-state index >= 15 is 0 Å². The summed E-state index contributed by atoms with van der Waals surface area (Å²) in [5.74, 6) is 2.16. The predicted molar refractivity (Wildman–Crippen MR) is 177 cm³/mol. The summed E-state index contributed by atoms with van der Waals surface area (Å²) in [5, 5.41) is 5.98. The molecule has 0 aliphatic carbocycles. The van der Waals surface area contributed by atoms with Gasteiger partial charge in [-0.25, -0.2) is 4.79 Å². The molecule has 236 valence electrons. The first-order valence-corrected chi connectivity index (χ1v) is 16.9. The van der Waals surface area contributed by atoms with Gasteiger partial charge in [-0.1, -0.05) is 12.1 Å². The van der Waals surface area contributed by atoms with E-state index < -0.39 is 0 Å². The fraction of sp³-hybridized carbons (Fsp3) is 0.543. The highest BCUT2D eigenvalue weighted by molar-refractivity contribution is 5.99. The summed E-state index contributed by atoms with van der Waals surface area (Å²) in [7, 11) is 0. The molecule has 6 saturated heterocycles. The SMILES string of the molecule is CC1CCC(C)N1c1nc(-c2ccc(NC(=O)Nc3ccc(C45CCN(CC4)CC5)cc3)cc2)nc(N2C3CCC2COC3)n1. The third kappa shape index (κ3) is 5.42. The van der Waals surface area contributed by atoms with Crippen molar-refractivity contribution in [3.8, 4) is 11.4 Å². The molecule has 6 aliphatic rings. The summed E-state index contributed by atoms with van der Waals surface area (Å²) in [6.45, 7) is 9.53. The number of benzene rings is 2. The van der Waals surface area contributed by atoms with Gasteiger partial charge in [-0.15, -0.1) is 0 Å². The Bertz CT molecular complexity index is 1500. The zero-order valence-electron chi connectivity index (χ0n) is 26.4. The zero-order valence-corrected chi connectivity index (χ0v) is 26.4. The first-order chi connectivity index (χ1) is 21.9. The topological polar surface area (TPSA) is 98.8 Å². The molecule has 2 N–H and O–H groups in total. The Morgan fingerprint density at radius 2 is 1.27 bits per heavy atom. The Morgan fingerprint density at radius 1 is 0.733 bits per heavy atom. The molecular formula is C35H44N8O2. The van der Waals surface area contributed by atoms with E-state index in [4.69, 9.17) is 19.7 Å². The molecule has 4 bridgehead atoms. The smallest absolute Gasteiger partial charge is 0.323 e. The molecule has 0 radical (unpaired) electrons. The molecule has 45 heavy (non-hydrogen) atoms. The van der Waals surface area contributed by atoms with Crippen molar-refractivity contribution in [3.05, 3.63) is 54.1 Å². The van der Waals surface area contributed by atoms with Crippen LogP contribution in [0.25, 0.3) is 11.4 Å². The van der Waals surface area contributed by atoms with Gasteiger partial charge in [0.1, 0.15) is 0 Å². The summed E-state index contributed by atoms with van der Waals surface area (Å²) < 4.78 is 5.85. The number of urea groups is 1. The first kappa shape index (κ1) is 28.7. The number of rotatable bonds is 6. The molecule has 9 rings (SSSR count). The second-order valence-corrected chi connectivity index (χ2v) is 13.9. The number of piperidine rings is 3. The Balaban J connectivity index is 0.981. The molecule has 4 atom stereocenters. The number of ether oxygens (including phenoxy) is 1. The fourth-order valence-electron chi connectivity index (χ4n) is 8.42. The summed E-state index contributed by atoms with van der Waals surface area (Å²) in [4.78, 5) is 35.2. The van der Waals surface area contributed by atoms with Crippen molar-refractivity contribution in [2.75, 3.05) is 53.3 Å². The van der Waals surface area contributed by atoms with Crippen LogP contribution >= 0.6 is 0 Å². The summed E-state index contributed by atoms with van der Waals surface area (Å²) in [6.07, 6.45) is 8.16. The quantitative estimate of drug-likeness (QED) is 0.370. The van der Waals surface area contributed by atoms with Crippen molar-refractivity contribution in [2.45, 2.75) is 88.4 Å². The summed E-state index contributed by atoms with van der Waals surface area (Å²) in [5.41, 5.74) is 4.12. The maximum absolute atomic E-state index is 12.9. The van der Waals surface area contributed by atoms with Crippen LogP contribution in [0.2, 0.25) is 0 Å². The van der Waals surface area contributed by atoms with E-state index in [9.17, 15) is 4.79 Å². The normalized spacial score (nSPS) is 30.5. The third-order valence-corrected chi connectivity index (χ3v) is 11.1. The van der Waals surface area contributed by atoms with E-state index in [1.807, 2.05) is 36.4 Å². The van der Waals surface area contributed by atoms with Crippen LogP contribution in [0.15, 0.2) is 48.5 Å². The number of carbonyl (C=O) groups is 1. The average molecular weight is 609 g/mol. The molecule has 10 heteroatoms. The van der Waals surface area contributed by atoms with Crippen molar-refractivity contribution in [1.29, 1.82) is 0 Å². The van der Waals surface area contributed by atoms with Gasteiger partial charge in [0, 0.05) is 29.0 Å². The van der Waals surface area contributed by atoms with Gasteiger partial charge in [0.2, 0.25) is 11.9 Å². The van der Waals surface area contributed by atoms with Crippen LogP contribution in [0.5, 0.6) is 0 Å². The minimum absolute atomic E-state index is 0.260. The first-order valence-electron chi connectivity index (χ1n) is 16.9. The molecule has 2 amide bonds. The third-order valence-electron chi connectivity index (χ3n) is 11.1. The standard InChI is InChI=1S/C35H44N8O2/c1-23-3-4-24(2)42(23)32-38-31(39-33(40-32)43-29-13-14-30(43)22-45-21-29)25-5-9-27(10-6-25)36-34(44)37-28-11-7-26(8-12-28)35-15-18-41(19-16-35)20-17-35/h5-12,23-24,29-30H,3-4,13-22H2,1-2H3,(H2,36,37,44). The lowest BCUT2D eigenvalue weighted by Gasteiger charge is -2.48. The number of hydrogen-bond donors (Lipinski definition) is 2. The van der Waals surface area contributed by atoms with Crippen LogP contribution in [0.1, 0.15) is 64.4 Å². The zero-order chi connectivity index (χ0) is 30.5. The Kier molecular flexibility index (Phi) is 7.37. The Hall–Kier alpha value is -3.76. The number of hydrogen-bond acceptors (Lipinski definition) is 8. The number of aromatic nitrogens is 3. The Morgan fingerprint density at radius 3 is 1.84 bits per heavy atom. The van der Waals surface area contributed by atoms with Crippen molar-refractivity contribution < 1.29 is 9.53 Å². The highest BCUT2D eigenvalue weighted by Crippen LogP contribution is 2.43. The number of morpholine rings is 1. The van der Waals surface area contributed by atoms with Crippen LogP contribution in [-0.2, 0) is 10.2 Å². The van der Waals surface area contributed by atoms with Gasteiger partial charge in [-0.2, -0.15) is 15.0 Å². The van der Waals surface area contributed by atoms with Crippen molar-refractivity contribution >= 4 is 29.3 Å². The number of nitrogens with one attached hydrogen (secondary N) is 2. The fourth-order valence-corrected chi connectivity index (χ4v) is 8.42. The molecule has 6 aliphatic heterocycles. The van der Waals surface area contributed by atoms with E-state index in [1.54, 1.807) is 0 Å². The molecule has 10 nitrogen and oxygen atoms in total. The van der Waals surface area contributed by atoms with E-state index in [0.29, 0.717) is 41.1 Å². The van der Waals surface area contributed by atoms with E-state index in [2.05, 4.69) is 51.3 Å². The van der Waals surface area contributed by atoms with Gasteiger partial charge in [-0.05, 0) is 126 Å². The molecule has 0 spiro atoms. The average Bonchev–Trinajstić information content (AvgIpc) is 3.54. The summed E-state index contributed by atoms with van der Waals surface area (Å²) >= 11 is 0. The number of anilines is 4. The lowest BCUT2D eigenvalue weighted by atomic mass is 9.67. The lowest BCUT2D eigenvalue weighted by Crippen LogP contribution is -2.50. The van der Waals surface area contributed by atoms with Gasteiger partial charge in [0.25, 0.3) is 0 Å². The van der Waals surface area contributed by atoms with Crippen molar-refractivity contribution in [1.82, 2.24) is 19.9 Å². The molecule has 0 saturated carbocycles. The monoisotopic (exact) mass is 608 g/mol. The van der Waals surface area contributed by atoms with Crippen molar-refractivity contribution in [3.63, 3.8) is 0 Å². The molecule has 7 heterocycles. The van der Waals surface area contributed by atoms with Crippen LogP contribution in [-0.4, -0.2) is 82.9 Å². The van der Waals surface area contributed by atoms with E-state index in [1.165, 1.54) is 44.5 Å². The number of carbonyl (C=O) groups excluding carboxylic acids is 1. The van der Waals surface area contributed by atoms with E-state index in [-0.39, 0.29) is 6.03 Å². The number of fused-ring (bicyclic) bond motifs is 5. The molecular weight excluding hydrogens is 564 g/mol. The van der Waals surface area contributed by atoms with Gasteiger partial charge in [-0.3, -0.25) is 0 Å². The maximum atomic E-state index is 12.9. The largest absolute Gasteiger partial charge is 0.377 e. The van der Waals surface area contributed by atoms with Crippen LogP contribution in [0, 0.1) is 0 Å². The van der Waals surface area contributed by atoms with Crippen LogP contribution in [0.4, 0.5) is 28.1 Å². The van der Waals surface area contributed by atoms with E-state index in [0.717, 1.165) is 62.0 Å². The predicted octanol–water partition coefficient (Wildman–Crippen LogP) is 5.66. The number of amides is 2. The molecule has 6 fully saturated rings. The highest BCUT2D eigenvalue weighted by Gasteiger charge is 2.41. The number of nitrogens with zero attached hydrogens (tertiary/aromatic N) is 6. The Labute approximate surface area is 265 Å². The van der Waals surface area contributed by atoms with Crippen molar-refractivity contribution in [2.24, 2.45) is 0 Å². The van der Waals surface area contributed by atoms with Crippen LogP contribution in [0.3, 0.4) is 0 Å². The summed E-state index contributed by atoms with van der Waals surface area (Å²) in [6, 6.07) is 17.4. The highest BCUT2D eigenvalue weighted by atomic mass is 16.5. The molecule has 4 unspecified atom stereocenters. The minimum Gasteiger partial charge on any atom is -0.377 e.